The van der Waals surface area contributed by atoms with Crippen LogP contribution in [0.5, 0.6) is 11.5 Å². The number of amides is 2. The lowest BCUT2D eigenvalue weighted by Crippen LogP contribution is -2.45. The van der Waals surface area contributed by atoms with Crippen molar-refractivity contribution in [3.63, 3.8) is 0 Å². The summed E-state index contributed by atoms with van der Waals surface area (Å²) < 4.78 is 10.6. The van der Waals surface area contributed by atoms with Crippen LogP contribution in [0.3, 0.4) is 0 Å². The first-order chi connectivity index (χ1) is 10.5. The fourth-order valence-electron chi connectivity index (χ4n) is 1.83. The minimum Gasteiger partial charge on any atom is -0.493 e. The van der Waals surface area contributed by atoms with Crippen molar-refractivity contribution in [1.29, 1.82) is 0 Å². The van der Waals surface area contributed by atoms with Gasteiger partial charge in [0.15, 0.2) is 11.5 Å². The van der Waals surface area contributed by atoms with Gasteiger partial charge >= 0.3 is 0 Å². The Balaban J connectivity index is 2.74. The monoisotopic (exact) mass is 308 g/mol. The van der Waals surface area contributed by atoms with Gasteiger partial charge in [-0.2, -0.15) is 0 Å². The third-order valence-corrected chi connectivity index (χ3v) is 3.02. The molecule has 0 aromatic heterocycles. The number of methoxy groups -OCH3 is 1. The van der Waals surface area contributed by atoms with Crippen LogP contribution in [0.4, 0.5) is 0 Å². The molecule has 0 aliphatic heterocycles. The van der Waals surface area contributed by atoms with Gasteiger partial charge in [-0.1, -0.05) is 6.92 Å². The molecule has 0 aliphatic carbocycles. The van der Waals surface area contributed by atoms with Gasteiger partial charge in [-0.15, -0.1) is 0 Å². The van der Waals surface area contributed by atoms with Crippen LogP contribution in [-0.2, 0) is 4.79 Å². The molecule has 1 atom stereocenters. The molecule has 0 aliphatic rings. The van der Waals surface area contributed by atoms with Crippen LogP contribution in [0.2, 0.25) is 0 Å². The van der Waals surface area contributed by atoms with Gasteiger partial charge in [0.2, 0.25) is 5.91 Å². The van der Waals surface area contributed by atoms with E-state index in [1.807, 2.05) is 13.8 Å². The molecule has 22 heavy (non-hydrogen) atoms. The molecule has 6 heteroatoms. The smallest absolute Gasteiger partial charge is 0.252 e. The van der Waals surface area contributed by atoms with E-state index in [0.29, 0.717) is 30.2 Å². The summed E-state index contributed by atoms with van der Waals surface area (Å²) in [6, 6.07) is 4.31. The van der Waals surface area contributed by atoms with Crippen molar-refractivity contribution in [1.82, 2.24) is 10.6 Å². The lowest BCUT2D eigenvalue weighted by atomic mass is 10.1. The minimum atomic E-state index is -0.600. The van der Waals surface area contributed by atoms with Crippen molar-refractivity contribution in [3.8, 4) is 11.5 Å². The molecule has 0 fully saturated rings. The molecule has 2 N–H and O–H groups in total. The largest absolute Gasteiger partial charge is 0.493 e. The van der Waals surface area contributed by atoms with E-state index in [-0.39, 0.29) is 11.8 Å². The van der Waals surface area contributed by atoms with E-state index in [4.69, 9.17) is 9.47 Å². The standard InChI is InChI=1S/C16H24N2O4/c1-5-9-17-15(19)11(3)18-16(20)12-7-8-13(22-6-2)14(10-12)21-4/h7-8,10-11H,5-6,9H2,1-4H3,(H,17,19)(H,18,20)/t11-/m0/s1. The van der Waals surface area contributed by atoms with Gasteiger partial charge in [0, 0.05) is 12.1 Å². The molecule has 0 unspecified atom stereocenters. The van der Waals surface area contributed by atoms with E-state index in [0.717, 1.165) is 6.42 Å². The van der Waals surface area contributed by atoms with Crippen molar-refractivity contribution in [2.45, 2.75) is 33.2 Å². The summed E-state index contributed by atoms with van der Waals surface area (Å²) in [6.07, 6.45) is 0.850. The fraction of sp³-hybridized carbons (Fsp3) is 0.500. The topological polar surface area (TPSA) is 76.7 Å². The van der Waals surface area contributed by atoms with Gasteiger partial charge in [-0.05, 0) is 38.5 Å². The number of carbonyl (C=O) groups excluding carboxylic acids is 2. The van der Waals surface area contributed by atoms with Crippen molar-refractivity contribution < 1.29 is 19.1 Å². The van der Waals surface area contributed by atoms with E-state index < -0.39 is 6.04 Å². The number of ether oxygens (including phenoxy) is 2. The highest BCUT2D eigenvalue weighted by Crippen LogP contribution is 2.27. The molecule has 0 bridgehead atoms. The van der Waals surface area contributed by atoms with E-state index in [1.54, 1.807) is 25.1 Å². The van der Waals surface area contributed by atoms with Crippen molar-refractivity contribution in [3.05, 3.63) is 23.8 Å². The first-order valence-corrected chi connectivity index (χ1v) is 7.42. The lowest BCUT2D eigenvalue weighted by molar-refractivity contribution is -0.122. The van der Waals surface area contributed by atoms with E-state index in [9.17, 15) is 9.59 Å². The molecule has 0 heterocycles. The Morgan fingerprint density at radius 1 is 1.23 bits per heavy atom. The summed E-state index contributed by atoms with van der Waals surface area (Å²) in [4.78, 5) is 23.9. The van der Waals surface area contributed by atoms with Crippen LogP contribution in [-0.4, -0.2) is 38.1 Å². The zero-order valence-corrected chi connectivity index (χ0v) is 13.6. The van der Waals surface area contributed by atoms with Crippen molar-refractivity contribution in [2.24, 2.45) is 0 Å². The molecule has 0 radical (unpaired) electrons. The third-order valence-electron chi connectivity index (χ3n) is 3.02. The molecule has 1 rings (SSSR count). The quantitative estimate of drug-likeness (QED) is 0.767. The van der Waals surface area contributed by atoms with E-state index >= 15 is 0 Å². The molecule has 0 saturated carbocycles. The fourth-order valence-corrected chi connectivity index (χ4v) is 1.83. The van der Waals surface area contributed by atoms with E-state index in [1.165, 1.54) is 7.11 Å². The Morgan fingerprint density at radius 2 is 1.95 bits per heavy atom. The number of hydrogen-bond donors (Lipinski definition) is 2. The molecular weight excluding hydrogens is 284 g/mol. The highest BCUT2D eigenvalue weighted by Gasteiger charge is 2.17. The maximum Gasteiger partial charge on any atom is 0.252 e. The third kappa shape index (κ3) is 4.95. The van der Waals surface area contributed by atoms with Crippen molar-refractivity contribution in [2.75, 3.05) is 20.3 Å². The number of carbonyl (C=O) groups is 2. The Hall–Kier alpha value is -2.24. The SMILES string of the molecule is CCCNC(=O)[C@H](C)NC(=O)c1ccc(OCC)c(OC)c1. The van der Waals surface area contributed by atoms with E-state index in [2.05, 4.69) is 10.6 Å². The minimum absolute atomic E-state index is 0.201. The molecule has 6 nitrogen and oxygen atoms in total. The average molecular weight is 308 g/mol. The molecule has 1 aromatic rings. The van der Waals surface area contributed by atoms with Gasteiger partial charge < -0.3 is 20.1 Å². The number of rotatable bonds is 8. The Morgan fingerprint density at radius 3 is 2.55 bits per heavy atom. The van der Waals surface area contributed by atoms with Crippen LogP contribution >= 0.6 is 0 Å². The van der Waals surface area contributed by atoms with Crippen LogP contribution in [0.15, 0.2) is 18.2 Å². The Bertz CT molecular complexity index is 517. The highest BCUT2D eigenvalue weighted by atomic mass is 16.5. The zero-order chi connectivity index (χ0) is 16.5. The number of nitrogens with one attached hydrogen (secondary N) is 2. The number of benzene rings is 1. The summed E-state index contributed by atoms with van der Waals surface area (Å²) in [5, 5.41) is 5.40. The maximum absolute atomic E-state index is 12.2. The second-order valence-electron chi connectivity index (χ2n) is 4.78. The van der Waals surface area contributed by atoms with Crippen molar-refractivity contribution >= 4 is 11.8 Å². The van der Waals surface area contributed by atoms with Gasteiger partial charge in [-0.3, -0.25) is 9.59 Å². The second kappa shape index (κ2) is 8.92. The van der Waals surface area contributed by atoms with Crippen LogP contribution in [0.25, 0.3) is 0 Å². The summed E-state index contributed by atoms with van der Waals surface area (Å²) in [6.45, 7) is 6.59. The Labute approximate surface area is 131 Å². The predicted molar refractivity (Wildman–Crippen MR) is 84.4 cm³/mol. The maximum atomic E-state index is 12.2. The first kappa shape index (κ1) is 17.8. The normalized spacial score (nSPS) is 11.5. The van der Waals surface area contributed by atoms with Gasteiger partial charge in [-0.25, -0.2) is 0 Å². The van der Waals surface area contributed by atoms with Gasteiger partial charge in [0.25, 0.3) is 5.91 Å². The molecule has 1 aromatic carbocycles. The van der Waals surface area contributed by atoms with Gasteiger partial charge in [0.05, 0.1) is 13.7 Å². The summed E-state index contributed by atoms with van der Waals surface area (Å²) >= 11 is 0. The summed E-state index contributed by atoms with van der Waals surface area (Å²) in [5.74, 6) is 0.529. The van der Waals surface area contributed by atoms with Crippen LogP contribution in [0, 0.1) is 0 Å². The molecule has 0 spiro atoms. The molecule has 122 valence electrons. The number of hydrogen-bond acceptors (Lipinski definition) is 4. The summed E-state index contributed by atoms with van der Waals surface area (Å²) in [5.41, 5.74) is 0.412. The highest BCUT2D eigenvalue weighted by molar-refractivity contribution is 5.97. The molecule has 2 amide bonds. The summed E-state index contributed by atoms with van der Waals surface area (Å²) in [7, 11) is 1.51. The molecular formula is C16H24N2O4. The van der Waals surface area contributed by atoms with Gasteiger partial charge in [0.1, 0.15) is 6.04 Å². The Kier molecular flexibility index (Phi) is 7.22. The van der Waals surface area contributed by atoms with Crippen LogP contribution < -0.4 is 20.1 Å². The zero-order valence-electron chi connectivity index (χ0n) is 13.6. The second-order valence-corrected chi connectivity index (χ2v) is 4.78. The lowest BCUT2D eigenvalue weighted by Gasteiger charge is -2.15. The first-order valence-electron chi connectivity index (χ1n) is 7.42. The van der Waals surface area contributed by atoms with Crippen LogP contribution in [0.1, 0.15) is 37.6 Å². The predicted octanol–water partition coefficient (Wildman–Crippen LogP) is 1.74. The average Bonchev–Trinajstić information content (AvgIpc) is 2.52. The molecule has 0 saturated heterocycles.